The third-order valence-corrected chi connectivity index (χ3v) is 2.85. The topological polar surface area (TPSA) is 44.2 Å². The fourth-order valence-electron chi connectivity index (χ4n) is 1.09. The summed E-state index contributed by atoms with van der Waals surface area (Å²) in [5.41, 5.74) is 0. The van der Waals surface area contributed by atoms with Crippen LogP contribution in [0.5, 0.6) is 11.6 Å². The van der Waals surface area contributed by atoms with E-state index >= 15 is 0 Å². The molecule has 2 rings (SSSR count). The summed E-state index contributed by atoms with van der Waals surface area (Å²) in [6, 6.07) is 0. The monoisotopic (exact) mass is 306 g/mol. The minimum Gasteiger partial charge on any atom is -0.489 e. The molecule has 0 saturated heterocycles. The average molecular weight is 306 g/mol. The van der Waals surface area contributed by atoms with Crippen LogP contribution in [-0.2, 0) is 0 Å². The van der Waals surface area contributed by atoms with E-state index in [1.165, 1.54) is 19.2 Å². The molecule has 1 heterocycles. The number of hydrogen-bond donors (Lipinski definition) is 0. The molecule has 1 aromatic rings. The molecule has 1 fully saturated rings. The van der Waals surface area contributed by atoms with Crippen LogP contribution in [-0.4, -0.2) is 23.7 Å². The number of rotatable bonds is 4. The van der Waals surface area contributed by atoms with Crippen LogP contribution < -0.4 is 9.47 Å². The number of methoxy groups -OCH3 is 1. The maximum absolute atomic E-state index is 5.55. The van der Waals surface area contributed by atoms with Gasteiger partial charge in [-0.25, -0.2) is 4.98 Å². The van der Waals surface area contributed by atoms with Gasteiger partial charge in [-0.3, -0.25) is 0 Å². The first-order valence-corrected chi connectivity index (χ1v) is 5.56. The first kappa shape index (κ1) is 9.95. The van der Waals surface area contributed by atoms with Crippen LogP contribution in [0, 0.1) is 9.62 Å². The Morgan fingerprint density at radius 1 is 1.50 bits per heavy atom. The van der Waals surface area contributed by atoms with Crippen molar-refractivity contribution >= 4 is 22.6 Å². The molecule has 5 heteroatoms. The van der Waals surface area contributed by atoms with Gasteiger partial charge in [0.1, 0.15) is 6.33 Å². The van der Waals surface area contributed by atoms with Gasteiger partial charge in [-0.05, 0) is 41.4 Å². The summed E-state index contributed by atoms with van der Waals surface area (Å²) < 4.78 is 11.5. The molecule has 0 atom stereocenters. The van der Waals surface area contributed by atoms with Crippen molar-refractivity contribution in [2.24, 2.45) is 5.92 Å². The van der Waals surface area contributed by atoms with Crippen LogP contribution in [0.15, 0.2) is 6.33 Å². The normalized spacial score (nSPS) is 15.3. The van der Waals surface area contributed by atoms with E-state index in [4.69, 9.17) is 9.47 Å². The first-order valence-electron chi connectivity index (χ1n) is 4.48. The zero-order chi connectivity index (χ0) is 9.97. The number of aromatic nitrogens is 2. The summed E-state index contributed by atoms with van der Waals surface area (Å²) in [5.74, 6) is 1.90. The van der Waals surface area contributed by atoms with Crippen molar-refractivity contribution in [2.45, 2.75) is 12.8 Å². The van der Waals surface area contributed by atoms with Crippen molar-refractivity contribution in [3.05, 3.63) is 10.0 Å². The lowest BCUT2D eigenvalue weighted by molar-refractivity contribution is 0.267. The molecule has 0 amide bonds. The number of halogens is 1. The van der Waals surface area contributed by atoms with E-state index < -0.39 is 0 Å². The summed E-state index contributed by atoms with van der Waals surface area (Å²) in [6.45, 7) is 0.740. The minimum atomic E-state index is 0.554. The fraction of sp³-hybridized carbons (Fsp3) is 0.556. The van der Waals surface area contributed by atoms with Gasteiger partial charge in [0.25, 0.3) is 5.88 Å². The van der Waals surface area contributed by atoms with E-state index in [0.717, 1.165) is 10.3 Å². The maximum Gasteiger partial charge on any atom is 0.261 e. The highest BCUT2D eigenvalue weighted by Gasteiger charge is 2.23. The predicted molar refractivity (Wildman–Crippen MR) is 59.5 cm³/mol. The Morgan fingerprint density at radius 3 is 2.93 bits per heavy atom. The second kappa shape index (κ2) is 4.29. The standard InChI is InChI=1S/C9H11IN2O2/c1-13-7-8(10)11-5-12-9(7)14-4-6-2-3-6/h5-6H,2-4H2,1H3. The fourth-order valence-corrected chi connectivity index (χ4v) is 1.67. The van der Waals surface area contributed by atoms with Gasteiger partial charge in [0.2, 0.25) is 5.75 Å². The molecule has 0 bridgehead atoms. The van der Waals surface area contributed by atoms with Crippen molar-refractivity contribution in [2.75, 3.05) is 13.7 Å². The Kier molecular flexibility index (Phi) is 3.05. The van der Waals surface area contributed by atoms with Gasteiger partial charge >= 0.3 is 0 Å². The van der Waals surface area contributed by atoms with Gasteiger partial charge < -0.3 is 9.47 Å². The second-order valence-corrected chi connectivity index (χ2v) is 4.28. The molecular weight excluding hydrogens is 295 g/mol. The van der Waals surface area contributed by atoms with Gasteiger partial charge in [0.05, 0.1) is 13.7 Å². The second-order valence-electron chi connectivity index (χ2n) is 3.26. The van der Waals surface area contributed by atoms with E-state index in [-0.39, 0.29) is 0 Å². The van der Waals surface area contributed by atoms with Crippen molar-refractivity contribution < 1.29 is 9.47 Å². The Hall–Kier alpha value is -0.590. The maximum atomic E-state index is 5.55. The number of nitrogens with zero attached hydrogens (tertiary/aromatic N) is 2. The van der Waals surface area contributed by atoms with Gasteiger partial charge in [-0.15, -0.1) is 0 Å². The molecule has 0 N–H and O–H groups in total. The summed E-state index contributed by atoms with van der Waals surface area (Å²) in [7, 11) is 1.60. The van der Waals surface area contributed by atoms with Gasteiger partial charge in [0, 0.05) is 0 Å². The van der Waals surface area contributed by atoms with Crippen molar-refractivity contribution in [3.8, 4) is 11.6 Å². The zero-order valence-corrected chi connectivity index (χ0v) is 10.0. The lowest BCUT2D eigenvalue weighted by Crippen LogP contribution is -2.04. The highest BCUT2D eigenvalue weighted by Crippen LogP contribution is 2.32. The first-order chi connectivity index (χ1) is 6.81. The zero-order valence-electron chi connectivity index (χ0n) is 7.86. The smallest absolute Gasteiger partial charge is 0.261 e. The molecule has 1 saturated carbocycles. The molecule has 0 spiro atoms. The summed E-state index contributed by atoms with van der Waals surface area (Å²) >= 11 is 2.10. The molecule has 1 aliphatic rings. The molecule has 76 valence electrons. The van der Waals surface area contributed by atoms with Gasteiger partial charge in [0.15, 0.2) is 3.70 Å². The molecule has 1 aromatic heterocycles. The van der Waals surface area contributed by atoms with Crippen LogP contribution in [0.4, 0.5) is 0 Å². The Labute approximate surface area is 96.2 Å². The van der Waals surface area contributed by atoms with E-state index in [0.29, 0.717) is 17.5 Å². The van der Waals surface area contributed by atoms with Crippen molar-refractivity contribution in [1.29, 1.82) is 0 Å². The van der Waals surface area contributed by atoms with E-state index in [2.05, 4.69) is 32.6 Å². The molecule has 0 radical (unpaired) electrons. The lowest BCUT2D eigenvalue weighted by Gasteiger charge is -2.08. The van der Waals surface area contributed by atoms with Gasteiger partial charge in [-0.2, -0.15) is 4.98 Å². The number of ether oxygens (including phenoxy) is 2. The highest BCUT2D eigenvalue weighted by molar-refractivity contribution is 14.1. The highest BCUT2D eigenvalue weighted by atomic mass is 127. The van der Waals surface area contributed by atoms with Crippen molar-refractivity contribution in [3.63, 3.8) is 0 Å². The molecule has 14 heavy (non-hydrogen) atoms. The average Bonchev–Trinajstić information content (AvgIpc) is 2.98. The van der Waals surface area contributed by atoms with Crippen LogP contribution in [0.3, 0.4) is 0 Å². The van der Waals surface area contributed by atoms with Crippen LogP contribution >= 0.6 is 22.6 Å². The van der Waals surface area contributed by atoms with E-state index in [9.17, 15) is 0 Å². The minimum absolute atomic E-state index is 0.554. The number of hydrogen-bond acceptors (Lipinski definition) is 4. The largest absolute Gasteiger partial charge is 0.489 e. The van der Waals surface area contributed by atoms with Crippen LogP contribution in [0.2, 0.25) is 0 Å². The van der Waals surface area contributed by atoms with E-state index in [1.54, 1.807) is 7.11 Å². The Morgan fingerprint density at radius 2 is 2.29 bits per heavy atom. The van der Waals surface area contributed by atoms with Gasteiger partial charge in [-0.1, -0.05) is 0 Å². The predicted octanol–water partition coefficient (Wildman–Crippen LogP) is 1.88. The molecule has 0 aromatic carbocycles. The summed E-state index contributed by atoms with van der Waals surface area (Å²) in [4.78, 5) is 8.07. The van der Waals surface area contributed by atoms with Crippen LogP contribution in [0.25, 0.3) is 0 Å². The quantitative estimate of drug-likeness (QED) is 0.629. The molecule has 0 aliphatic heterocycles. The summed E-state index contributed by atoms with van der Waals surface area (Å²) in [6.07, 6.45) is 4.03. The lowest BCUT2D eigenvalue weighted by atomic mass is 10.5. The molecule has 1 aliphatic carbocycles. The summed E-state index contributed by atoms with van der Waals surface area (Å²) in [5, 5.41) is 0. The van der Waals surface area contributed by atoms with Crippen LogP contribution in [0.1, 0.15) is 12.8 Å². The molecule has 4 nitrogen and oxygen atoms in total. The van der Waals surface area contributed by atoms with Crippen molar-refractivity contribution in [1.82, 2.24) is 9.97 Å². The Balaban J connectivity index is 2.09. The molecule has 0 unspecified atom stereocenters. The van der Waals surface area contributed by atoms with E-state index in [1.807, 2.05) is 0 Å². The molecular formula is C9H11IN2O2. The SMILES string of the molecule is COc1c(I)ncnc1OCC1CC1. The third kappa shape index (κ3) is 2.26. The Bertz CT molecular complexity index is 329. The third-order valence-electron chi connectivity index (χ3n) is 2.08.